The molecule has 1 unspecified atom stereocenters. The van der Waals surface area contributed by atoms with Crippen LogP contribution in [0.15, 0.2) is 18.3 Å². The van der Waals surface area contributed by atoms with Gasteiger partial charge in [-0.25, -0.2) is 18.7 Å². The number of alkyl halides is 2. The van der Waals surface area contributed by atoms with Gasteiger partial charge in [0.15, 0.2) is 0 Å². The summed E-state index contributed by atoms with van der Waals surface area (Å²) in [4.78, 5) is 10.3. The molecule has 1 aliphatic carbocycles. The number of aryl methyl sites for hydroxylation is 2. The number of fused-ring (bicyclic) bond motifs is 1. The molecule has 2 heterocycles. The maximum absolute atomic E-state index is 13.1. The first-order chi connectivity index (χ1) is 11.9. The second-order valence-electron chi connectivity index (χ2n) is 7.07. The van der Waals surface area contributed by atoms with E-state index in [4.69, 9.17) is 4.74 Å². The van der Waals surface area contributed by atoms with Crippen LogP contribution in [0, 0.1) is 6.92 Å². The number of anilines is 1. The molecule has 2 aromatic rings. The van der Waals surface area contributed by atoms with Crippen LogP contribution >= 0.6 is 0 Å². The van der Waals surface area contributed by atoms with Crippen molar-refractivity contribution in [1.82, 2.24) is 9.97 Å². The van der Waals surface area contributed by atoms with E-state index in [1.54, 1.807) is 13.3 Å². The molecular weight excluding hydrogens is 324 g/mol. The second kappa shape index (κ2) is 5.64. The highest BCUT2D eigenvalue weighted by Crippen LogP contribution is 2.41. The van der Waals surface area contributed by atoms with Crippen molar-refractivity contribution in [2.75, 3.05) is 25.1 Å². The molecule has 2 aliphatic rings. The van der Waals surface area contributed by atoms with E-state index in [1.807, 2.05) is 6.92 Å². The Kier molecular flexibility index (Phi) is 3.67. The molecule has 1 aromatic carbocycles. The molecule has 0 spiro atoms. The number of ether oxygens (including phenoxy) is 1. The third kappa shape index (κ3) is 2.73. The summed E-state index contributed by atoms with van der Waals surface area (Å²) in [5.41, 5.74) is 5.31. The van der Waals surface area contributed by atoms with Crippen molar-refractivity contribution in [3.05, 3.63) is 35.2 Å². The molecule has 25 heavy (non-hydrogen) atoms. The summed E-state index contributed by atoms with van der Waals surface area (Å²) >= 11 is 0. The Bertz CT molecular complexity index is 830. The number of nitrogens with zero attached hydrogens (tertiary/aromatic N) is 3. The van der Waals surface area contributed by atoms with Crippen LogP contribution in [0.1, 0.15) is 36.1 Å². The number of aromatic nitrogens is 2. The van der Waals surface area contributed by atoms with Crippen molar-refractivity contribution < 1.29 is 13.5 Å². The van der Waals surface area contributed by atoms with E-state index < -0.39 is 5.92 Å². The van der Waals surface area contributed by atoms with Gasteiger partial charge in [0, 0.05) is 17.3 Å². The summed E-state index contributed by atoms with van der Waals surface area (Å²) in [6.07, 6.45) is 3.95. The Morgan fingerprint density at radius 1 is 1.24 bits per heavy atom. The first kappa shape index (κ1) is 16.2. The molecule has 1 aliphatic heterocycles. The fourth-order valence-electron chi connectivity index (χ4n) is 3.75. The predicted octanol–water partition coefficient (Wildman–Crippen LogP) is 3.97. The Labute approximate surface area is 145 Å². The Morgan fingerprint density at radius 2 is 2.00 bits per heavy atom. The first-order valence-electron chi connectivity index (χ1n) is 8.55. The van der Waals surface area contributed by atoms with Gasteiger partial charge in [-0.2, -0.15) is 0 Å². The zero-order valence-corrected chi connectivity index (χ0v) is 14.6. The van der Waals surface area contributed by atoms with Crippen molar-refractivity contribution in [3.8, 4) is 16.9 Å². The summed E-state index contributed by atoms with van der Waals surface area (Å²) in [5, 5.41) is 0. The maximum atomic E-state index is 13.1. The van der Waals surface area contributed by atoms with E-state index in [1.165, 1.54) is 16.0 Å². The van der Waals surface area contributed by atoms with Gasteiger partial charge in [-0.15, -0.1) is 0 Å². The van der Waals surface area contributed by atoms with Gasteiger partial charge >= 0.3 is 0 Å². The summed E-state index contributed by atoms with van der Waals surface area (Å²) in [6.45, 7) is 3.49. The van der Waals surface area contributed by atoms with Crippen molar-refractivity contribution in [1.29, 1.82) is 0 Å². The third-order valence-corrected chi connectivity index (χ3v) is 5.22. The lowest BCUT2D eigenvalue weighted by molar-refractivity contribution is -0.0271. The molecule has 0 saturated carbocycles. The highest BCUT2D eigenvalue weighted by molar-refractivity contribution is 5.74. The summed E-state index contributed by atoms with van der Waals surface area (Å²) in [5.74, 6) is -0.929. The Balaban J connectivity index is 1.71. The van der Waals surface area contributed by atoms with E-state index in [9.17, 15) is 8.78 Å². The van der Waals surface area contributed by atoms with Crippen molar-refractivity contribution >= 4 is 5.95 Å². The smallest absolute Gasteiger partial charge is 0.282 e. The second-order valence-corrected chi connectivity index (χ2v) is 7.07. The topological polar surface area (TPSA) is 38.2 Å². The van der Waals surface area contributed by atoms with Gasteiger partial charge in [0.25, 0.3) is 5.92 Å². The predicted molar refractivity (Wildman–Crippen MR) is 92.7 cm³/mol. The van der Waals surface area contributed by atoms with Gasteiger partial charge in [0.1, 0.15) is 5.75 Å². The number of halogens is 2. The highest BCUT2D eigenvalue weighted by Gasteiger charge is 2.45. The highest BCUT2D eigenvalue weighted by atomic mass is 19.3. The largest absolute Gasteiger partial charge is 0.496 e. The Morgan fingerprint density at radius 3 is 2.64 bits per heavy atom. The minimum absolute atomic E-state index is 0.314. The fraction of sp³-hybridized carbons (Fsp3) is 0.474. The number of hydrogen-bond donors (Lipinski definition) is 0. The SMILES string of the molecule is COc1cc2c(cc1-c1cnc(N3CC(F)(F)C3)nc1C)C(C)CC2. The monoisotopic (exact) mass is 345 g/mol. The molecule has 1 aromatic heterocycles. The van der Waals surface area contributed by atoms with Crippen molar-refractivity contribution in [2.45, 2.75) is 38.5 Å². The molecule has 4 rings (SSSR count). The first-order valence-corrected chi connectivity index (χ1v) is 8.55. The van der Waals surface area contributed by atoms with Gasteiger partial charge < -0.3 is 9.64 Å². The van der Waals surface area contributed by atoms with Crippen LogP contribution in [0.25, 0.3) is 11.1 Å². The van der Waals surface area contributed by atoms with Crippen LogP contribution in [0.2, 0.25) is 0 Å². The molecule has 132 valence electrons. The Hall–Kier alpha value is -2.24. The maximum Gasteiger partial charge on any atom is 0.282 e. The lowest BCUT2D eigenvalue weighted by Gasteiger charge is -2.38. The molecule has 1 saturated heterocycles. The van der Waals surface area contributed by atoms with E-state index in [0.717, 1.165) is 35.4 Å². The molecule has 6 heteroatoms. The molecule has 1 fully saturated rings. The van der Waals surface area contributed by atoms with Crippen LogP contribution in [-0.4, -0.2) is 36.1 Å². The molecule has 0 radical (unpaired) electrons. The third-order valence-electron chi connectivity index (χ3n) is 5.22. The quantitative estimate of drug-likeness (QED) is 0.844. The number of methoxy groups -OCH3 is 1. The van der Waals surface area contributed by atoms with E-state index >= 15 is 0 Å². The number of benzene rings is 1. The molecule has 0 amide bonds. The molecule has 4 nitrogen and oxygen atoms in total. The van der Waals surface area contributed by atoms with Crippen molar-refractivity contribution in [3.63, 3.8) is 0 Å². The number of hydrogen-bond acceptors (Lipinski definition) is 4. The summed E-state index contributed by atoms with van der Waals surface area (Å²) in [6, 6.07) is 4.28. The number of rotatable bonds is 3. The van der Waals surface area contributed by atoms with Crippen LogP contribution in [0.3, 0.4) is 0 Å². The molecule has 0 bridgehead atoms. The normalized spacial score (nSPS) is 21.0. The minimum atomic E-state index is -2.63. The van der Waals surface area contributed by atoms with Gasteiger partial charge in [-0.3, -0.25) is 0 Å². The zero-order valence-electron chi connectivity index (χ0n) is 14.6. The van der Waals surface area contributed by atoms with Crippen LogP contribution < -0.4 is 9.64 Å². The molecule has 0 N–H and O–H groups in total. The van der Waals surface area contributed by atoms with E-state index in [0.29, 0.717) is 11.9 Å². The van der Waals surface area contributed by atoms with Gasteiger partial charge in [-0.1, -0.05) is 6.92 Å². The average molecular weight is 345 g/mol. The molecular formula is C19H21F2N3O. The molecule has 1 atom stereocenters. The lowest BCUT2D eigenvalue weighted by atomic mass is 9.96. The summed E-state index contributed by atoms with van der Waals surface area (Å²) < 4.78 is 31.7. The van der Waals surface area contributed by atoms with Crippen molar-refractivity contribution in [2.24, 2.45) is 0 Å². The van der Waals surface area contributed by atoms with Gasteiger partial charge in [0.05, 0.1) is 25.9 Å². The fourth-order valence-corrected chi connectivity index (χ4v) is 3.75. The van der Waals surface area contributed by atoms with Crippen LogP contribution in [-0.2, 0) is 6.42 Å². The van der Waals surface area contributed by atoms with E-state index in [2.05, 4.69) is 29.0 Å². The lowest BCUT2D eigenvalue weighted by Crippen LogP contribution is -2.57. The van der Waals surface area contributed by atoms with Gasteiger partial charge in [-0.05, 0) is 48.9 Å². The van der Waals surface area contributed by atoms with Gasteiger partial charge in [0.2, 0.25) is 5.95 Å². The van der Waals surface area contributed by atoms with Crippen LogP contribution in [0.4, 0.5) is 14.7 Å². The zero-order chi connectivity index (χ0) is 17.8. The minimum Gasteiger partial charge on any atom is -0.496 e. The van der Waals surface area contributed by atoms with E-state index in [-0.39, 0.29) is 13.1 Å². The van der Waals surface area contributed by atoms with Crippen LogP contribution in [0.5, 0.6) is 5.75 Å². The standard InChI is InChI=1S/C19H21F2N3O/c1-11-4-5-13-6-17(25-3)15(7-14(11)13)16-8-22-18(23-12(16)2)24-9-19(20,21)10-24/h6-8,11H,4-5,9-10H2,1-3H3. The summed E-state index contributed by atoms with van der Waals surface area (Å²) in [7, 11) is 1.66. The average Bonchev–Trinajstić information content (AvgIpc) is 2.92.